The third kappa shape index (κ3) is 3.59. The van der Waals surface area contributed by atoms with Gasteiger partial charge < -0.3 is 5.11 Å². The fourth-order valence-electron chi connectivity index (χ4n) is 0.432. The second-order valence-corrected chi connectivity index (χ2v) is 1.61. The Bertz CT molecular complexity index is 146. The van der Waals surface area contributed by atoms with Gasteiger partial charge in [0.1, 0.15) is 6.54 Å². The van der Waals surface area contributed by atoms with Gasteiger partial charge in [0, 0.05) is 0 Å². The molecule has 56 valence electrons. The van der Waals surface area contributed by atoms with Crippen molar-refractivity contribution < 1.29 is 9.90 Å². The smallest absolute Gasteiger partial charge is 0.325 e. The molecule has 0 amide bonds. The minimum atomic E-state index is -1.08. The molecule has 0 aliphatic carbocycles. The van der Waals surface area contributed by atoms with Crippen LogP contribution in [0, 0.1) is 4.91 Å². The monoisotopic (exact) mass is 144 g/mol. The first-order valence-corrected chi connectivity index (χ1v) is 2.61. The normalized spacial score (nSPS) is 8.40. The molecule has 10 heavy (non-hydrogen) atoms. The summed E-state index contributed by atoms with van der Waals surface area (Å²) in [6.07, 6.45) is 1.41. The Balaban J connectivity index is 3.70. The molecule has 0 unspecified atom stereocenters. The fraction of sp³-hybridized carbons (Fsp3) is 0.400. The highest BCUT2D eigenvalue weighted by Gasteiger charge is 2.04. The maximum Gasteiger partial charge on any atom is 0.325 e. The molecular weight excluding hydrogens is 136 g/mol. The molecule has 0 aromatic heterocycles. The van der Waals surface area contributed by atoms with Crippen molar-refractivity contribution in [1.82, 2.24) is 5.01 Å². The van der Waals surface area contributed by atoms with Gasteiger partial charge in [-0.25, -0.2) is 5.01 Å². The Kier molecular flexibility index (Phi) is 3.86. The molecule has 0 atom stereocenters. The molecule has 1 N–H and O–H groups in total. The zero-order valence-electron chi connectivity index (χ0n) is 5.36. The number of carbonyl (C=O) groups is 1. The lowest BCUT2D eigenvalue weighted by atomic mass is 10.5. The van der Waals surface area contributed by atoms with Gasteiger partial charge >= 0.3 is 5.97 Å². The Morgan fingerprint density at radius 2 is 2.40 bits per heavy atom. The van der Waals surface area contributed by atoms with Gasteiger partial charge in [-0.05, 0) is 0 Å². The van der Waals surface area contributed by atoms with Crippen LogP contribution in [0.3, 0.4) is 0 Å². The van der Waals surface area contributed by atoms with Crippen LogP contribution in [-0.4, -0.2) is 29.2 Å². The number of nitrogens with zero attached hydrogens (tertiary/aromatic N) is 2. The largest absolute Gasteiger partial charge is 0.480 e. The number of aliphatic carboxylic acids is 1. The summed E-state index contributed by atoms with van der Waals surface area (Å²) in [5.41, 5.74) is 0. The van der Waals surface area contributed by atoms with Crippen LogP contribution in [0.1, 0.15) is 0 Å². The van der Waals surface area contributed by atoms with E-state index < -0.39 is 5.97 Å². The zero-order valence-corrected chi connectivity index (χ0v) is 5.36. The van der Waals surface area contributed by atoms with E-state index in [2.05, 4.69) is 11.9 Å². The van der Waals surface area contributed by atoms with Gasteiger partial charge in [0.05, 0.1) is 11.8 Å². The molecule has 0 radical (unpaired) electrons. The molecule has 5 nitrogen and oxygen atoms in total. The van der Waals surface area contributed by atoms with E-state index in [1.807, 2.05) is 0 Å². The van der Waals surface area contributed by atoms with E-state index in [0.717, 1.165) is 5.01 Å². The molecule has 0 spiro atoms. The van der Waals surface area contributed by atoms with Crippen LogP contribution in [0.2, 0.25) is 0 Å². The highest BCUT2D eigenvalue weighted by Crippen LogP contribution is 1.87. The van der Waals surface area contributed by atoms with Gasteiger partial charge in [0.25, 0.3) is 0 Å². The topological polar surface area (TPSA) is 70.0 Å². The maximum absolute atomic E-state index is 9.97. The first-order valence-electron chi connectivity index (χ1n) is 2.61. The summed E-state index contributed by atoms with van der Waals surface area (Å²) in [7, 11) is 0. The van der Waals surface area contributed by atoms with E-state index in [4.69, 9.17) is 5.11 Å². The Labute approximate surface area is 57.9 Å². The highest BCUT2D eigenvalue weighted by atomic mass is 16.4. The van der Waals surface area contributed by atoms with Gasteiger partial charge in [0.2, 0.25) is 0 Å². The molecule has 0 aromatic carbocycles. The molecule has 5 heteroatoms. The third-order valence-corrected chi connectivity index (χ3v) is 0.773. The third-order valence-electron chi connectivity index (χ3n) is 0.773. The van der Waals surface area contributed by atoms with E-state index >= 15 is 0 Å². The molecular formula is C5H8N2O3. The van der Waals surface area contributed by atoms with Gasteiger partial charge in [0.15, 0.2) is 0 Å². The number of nitroso groups, excluding NO2 is 1. The Hall–Kier alpha value is -1.39. The number of hydrogen-bond acceptors (Lipinski definition) is 3. The van der Waals surface area contributed by atoms with Crippen molar-refractivity contribution >= 4 is 5.97 Å². The number of hydrogen-bond donors (Lipinski definition) is 1. The van der Waals surface area contributed by atoms with Crippen LogP contribution in [0.15, 0.2) is 17.9 Å². The minimum absolute atomic E-state index is 0.163. The van der Waals surface area contributed by atoms with Crippen LogP contribution in [-0.2, 0) is 4.79 Å². The van der Waals surface area contributed by atoms with Crippen molar-refractivity contribution in [3.63, 3.8) is 0 Å². The molecule has 0 fully saturated rings. The van der Waals surface area contributed by atoms with Crippen molar-refractivity contribution in [3.8, 4) is 0 Å². The maximum atomic E-state index is 9.97. The number of rotatable bonds is 5. The zero-order chi connectivity index (χ0) is 7.98. The molecule has 0 bridgehead atoms. The Morgan fingerprint density at radius 1 is 1.80 bits per heavy atom. The van der Waals surface area contributed by atoms with Crippen molar-refractivity contribution in [3.05, 3.63) is 17.6 Å². The van der Waals surface area contributed by atoms with Gasteiger partial charge in [-0.2, -0.15) is 0 Å². The quantitative estimate of drug-likeness (QED) is 0.341. The molecule has 0 saturated carbocycles. The molecule has 0 aromatic rings. The number of carboxylic acid groups (broad SMARTS) is 1. The second-order valence-electron chi connectivity index (χ2n) is 1.61. The molecule has 0 aliphatic heterocycles. The van der Waals surface area contributed by atoms with Crippen molar-refractivity contribution in [1.29, 1.82) is 0 Å². The average Bonchev–Trinajstić information content (AvgIpc) is 1.86. The van der Waals surface area contributed by atoms with E-state index in [1.165, 1.54) is 6.08 Å². The van der Waals surface area contributed by atoms with Crippen molar-refractivity contribution in [2.24, 2.45) is 5.29 Å². The van der Waals surface area contributed by atoms with Crippen molar-refractivity contribution in [2.75, 3.05) is 13.1 Å². The predicted molar refractivity (Wildman–Crippen MR) is 35.2 cm³/mol. The summed E-state index contributed by atoms with van der Waals surface area (Å²) in [6, 6.07) is 0. The summed E-state index contributed by atoms with van der Waals surface area (Å²) < 4.78 is 0. The predicted octanol–water partition coefficient (Wildman–Crippen LogP) is 0.240. The van der Waals surface area contributed by atoms with Gasteiger partial charge in [-0.3, -0.25) is 4.79 Å². The summed E-state index contributed by atoms with van der Waals surface area (Å²) in [5, 5.41) is 11.5. The highest BCUT2D eigenvalue weighted by molar-refractivity contribution is 5.68. The first kappa shape index (κ1) is 8.61. The lowest BCUT2D eigenvalue weighted by molar-refractivity contribution is -0.138. The average molecular weight is 144 g/mol. The summed E-state index contributed by atoms with van der Waals surface area (Å²) in [4.78, 5) is 19.8. The minimum Gasteiger partial charge on any atom is -0.480 e. The van der Waals surface area contributed by atoms with Crippen LogP contribution in [0.4, 0.5) is 0 Å². The second kappa shape index (κ2) is 4.49. The Morgan fingerprint density at radius 3 is 2.70 bits per heavy atom. The molecule has 0 aliphatic rings. The lowest BCUT2D eigenvalue weighted by Gasteiger charge is -2.07. The van der Waals surface area contributed by atoms with Crippen LogP contribution in [0.5, 0.6) is 0 Å². The van der Waals surface area contributed by atoms with Crippen LogP contribution < -0.4 is 0 Å². The van der Waals surface area contributed by atoms with Crippen LogP contribution >= 0.6 is 0 Å². The van der Waals surface area contributed by atoms with Gasteiger partial charge in [-0.15, -0.1) is 11.5 Å². The first-order chi connectivity index (χ1) is 4.70. The van der Waals surface area contributed by atoms with Crippen LogP contribution in [0.25, 0.3) is 0 Å². The summed E-state index contributed by atoms with van der Waals surface area (Å²) >= 11 is 0. The number of carboxylic acids is 1. The van der Waals surface area contributed by atoms with E-state index in [0.29, 0.717) is 0 Å². The van der Waals surface area contributed by atoms with E-state index in [-0.39, 0.29) is 13.1 Å². The molecule has 0 saturated heterocycles. The van der Waals surface area contributed by atoms with Crippen molar-refractivity contribution in [2.45, 2.75) is 0 Å². The lowest BCUT2D eigenvalue weighted by Crippen LogP contribution is -2.24. The SMILES string of the molecule is C=CCN(CC(=O)O)N=O. The van der Waals surface area contributed by atoms with E-state index in [1.54, 1.807) is 0 Å². The standard InChI is InChI=1S/C5H8N2O3/c1-2-3-7(6-10)4-5(8)9/h2H,1,3-4H2,(H,8,9). The molecule has 0 heterocycles. The summed E-state index contributed by atoms with van der Waals surface area (Å²) in [6.45, 7) is 3.11. The summed E-state index contributed by atoms with van der Waals surface area (Å²) in [5.74, 6) is -1.08. The van der Waals surface area contributed by atoms with Gasteiger partial charge in [-0.1, -0.05) is 6.08 Å². The molecule has 0 rings (SSSR count). The fourth-order valence-corrected chi connectivity index (χ4v) is 0.432. The van der Waals surface area contributed by atoms with E-state index in [9.17, 15) is 9.70 Å².